The third kappa shape index (κ3) is 3.77. The fraction of sp³-hybridized carbons (Fsp3) is 0.267. The molecule has 0 aliphatic carbocycles. The van der Waals surface area contributed by atoms with E-state index in [0.29, 0.717) is 10.2 Å². The summed E-state index contributed by atoms with van der Waals surface area (Å²) in [6.07, 6.45) is 3.80. The van der Waals surface area contributed by atoms with Crippen molar-refractivity contribution in [3.63, 3.8) is 0 Å². The summed E-state index contributed by atoms with van der Waals surface area (Å²) in [5.74, 6) is 0.0931. The molecule has 0 bridgehead atoms. The van der Waals surface area contributed by atoms with Crippen LogP contribution in [0.5, 0.6) is 5.75 Å². The van der Waals surface area contributed by atoms with Crippen LogP contribution in [0.4, 0.5) is 4.39 Å². The molecule has 1 aromatic carbocycles. The van der Waals surface area contributed by atoms with E-state index in [1.54, 1.807) is 18.5 Å². The molecule has 0 aliphatic rings. The van der Waals surface area contributed by atoms with E-state index in [2.05, 4.69) is 20.9 Å². The average Bonchev–Trinajstić information content (AvgIpc) is 2.44. The van der Waals surface area contributed by atoms with Crippen molar-refractivity contribution >= 4 is 15.9 Å². The number of hydrogen-bond acceptors (Lipinski definition) is 3. The molecular weight excluding hydrogens is 323 g/mol. The first kappa shape index (κ1) is 14.9. The van der Waals surface area contributed by atoms with Crippen molar-refractivity contribution in [2.24, 2.45) is 5.73 Å². The van der Waals surface area contributed by atoms with Crippen LogP contribution in [-0.4, -0.2) is 11.0 Å². The largest absolute Gasteiger partial charge is 0.484 e. The summed E-state index contributed by atoms with van der Waals surface area (Å²) < 4.78 is 19.9. The van der Waals surface area contributed by atoms with Crippen LogP contribution in [0.2, 0.25) is 0 Å². The Bertz CT molecular complexity index is 545. The summed E-state index contributed by atoms with van der Waals surface area (Å²) in [7, 11) is 0. The Morgan fingerprint density at radius 2 is 2.00 bits per heavy atom. The third-order valence-corrected chi connectivity index (χ3v) is 3.45. The number of aromatic nitrogens is 1. The van der Waals surface area contributed by atoms with Gasteiger partial charge in [-0.15, -0.1) is 0 Å². The molecule has 2 unspecified atom stereocenters. The second-order valence-corrected chi connectivity index (χ2v) is 5.41. The van der Waals surface area contributed by atoms with Crippen LogP contribution in [-0.2, 0) is 0 Å². The topological polar surface area (TPSA) is 48.1 Å². The zero-order valence-corrected chi connectivity index (χ0v) is 12.7. The maximum absolute atomic E-state index is 13.4. The molecule has 20 heavy (non-hydrogen) atoms. The first-order valence-corrected chi connectivity index (χ1v) is 7.17. The van der Waals surface area contributed by atoms with Gasteiger partial charge in [-0.25, -0.2) is 4.39 Å². The lowest BCUT2D eigenvalue weighted by Crippen LogP contribution is -2.31. The highest BCUT2D eigenvalue weighted by Gasteiger charge is 2.20. The first-order valence-electron chi connectivity index (χ1n) is 6.38. The lowest BCUT2D eigenvalue weighted by Gasteiger charge is -2.24. The van der Waals surface area contributed by atoms with E-state index in [0.717, 1.165) is 12.0 Å². The maximum Gasteiger partial charge on any atom is 0.139 e. The molecule has 3 nitrogen and oxygen atoms in total. The van der Waals surface area contributed by atoms with Gasteiger partial charge in [0.1, 0.15) is 17.7 Å². The van der Waals surface area contributed by atoms with Crippen LogP contribution in [0.1, 0.15) is 25.0 Å². The Morgan fingerprint density at radius 3 is 2.60 bits per heavy atom. The van der Waals surface area contributed by atoms with E-state index in [9.17, 15) is 4.39 Å². The van der Waals surface area contributed by atoms with Gasteiger partial charge < -0.3 is 10.5 Å². The summed E-state index contributed by atoms with van der Waals surface area (Å²) in [5, 5.41) is 0. The van der Waals surface area contributed by atoms with E-state index in [1.807, 2.05) is 19.1 Å². The minimum Gasteiger partial charge on any atom is -0.484 e. The molecule has 1 heterocycles. The summed E-state index contributed by atoms with van der Waals surface area (Å²) in [6, 6.07) is 7.98. The Kier molecular flexibility index (Phi) is 5.09. The van der Waals surface area contributed by atoms with Gasteiger partial charge in [-0.1, -0.05) is 22.9 Å². The second kappa shape index (κ2) is 6.81. The average molecular weight is 339 g/mol. The van der Waals surface area contributed by atoms with Crippen molar-refractivity contribution in [1.82, 2.24) is 4.98 Å². The molecule has 2 N–H and O–H groups in total. The molecule has 1 aromatic heterocycles. The Balaban J connectivity index is 2.28. The van der Waals surface area contributed by atoms with Crippen molar-refractivity contribution in [3.8, 4) is 5.75 Å². The summed E-state index contributed by atoms with van der Waals surface area (Å²) in [4.78, 5) is 3.98. The van der Waals surface area contributed by atoms with Gasteiger partial charge >= 0.3 is 0 Å². The number of nitrogens with two attached hydrogens (primary N) is 1. The number of ether oxygens (including phenoxy) is 1. The number of halogens is 2. The van der Waals surface area contributed by atoms with Crippen LogP contribution in [0.25, 0.3) is 0 Å². The van der Waals surface area contributed by atoms with Crippen LogP contribution < -0.4 is 10.5 Å². The molecule has 2 rings (SSSR count). The van der Waals surface area contributed by atoms with Crippen molar-refractivity contribution in [2.75, 3.05) is 0 Å². The normalized spacial score (nSPS) is 13.8. The summed E-state index contributed by atoms with van der Waals surface area (Å²) in [5.41, 5.74) is 7.05. The lowest BCUT2D eigenvalue weighted by atomic mass is 10.0. The van der Waals surface area contributed by atoms with Gasteiger partial charge in [-0.05, 0) is 36.2 Å². The van der Waals surface area contributed by atoms with E-state index >= 15 is 0 Å². The molecule has 0 saturated heterocycles. The number of nitrogens with zero attached hydrogens (tertiary/aromatic N) is 1. The molecule has 0 fully saturated rings. The van der Waals surface area contributed by atoms with Crippen molar-refractivity contribution in [3.05, 3.63) is 58.6 Å². The van der Waals surface area contributed by atoms with Gasteiger partial charge in [0.25, 0.3) is 0 Å². The fourth-order valence-corrected chi connectivity index (χ4v) is 2.36. The van der Waals surface area contributed by atoms with Gasteiger partial charge in [0.15, 0.2) is 0 Å². The van der Waals surface area contributed by atoms with Gasteiger partial charge in [0.2, 0.25) is 0 Å². The number of benzene rings is 1. The summed E-state index contributed by atoms with van der Waals surface area (Å²) >= 11 is 3.25. The van der Waals surface area contributed by atoms with Crippen molar-refractivity contribution in [2.45, 2.75) is 25.5 Å². The number of pyridine rings is 1. The Hall–Kier alpha value is -1.46. The molecule has 0 spiro atoms. The predicted octanol–water partition coefficient (Wildman–Crippen LogP) is 3.84. The highest BCUT2D eigenvalue weighted by atomic mass is 79.9. The second-order valence-electron chi connectivity index (χ2n) is 4.50. The Morgan fingerprint density at radius 1 is 1.30 bits per heavy atom. The molecule has 0 amide bonds. The van der Waals surface area contributed by atoms with E-state index < -0.39 is 0 Å². The maximum atomic E-state index is 13.4. The van der Waals surface area contributed by atoms with Gasteiger partial charge in [0.05, 0.1) is 0 Å². The van der Waals surface area contributed by atoms with Gasteiger partial charge in [0, 0.05) is 29.0 Å². The molecule has 0 radical (unpaired) electrons. The lowest BCUT2D eigenvalue weighted by molar-refractivity contribution is 0.170. The quantitative estimate of drug-likeness (QED) is 0.900. The van der Waals surface area contributed by atoms with Crippen molar-refractivity contribution < 1.29 is 9.13 Å². The fourth-order valence-electron chi connectivity index (χ4n) is 1.91. The monoisotopic (exact) mass is 338 g/mol. The highest BCUT2D eigenvalue weighted by Crippen LogP contribution is 2.28. The van der Waals surface area contributed by atoms with Crippen molar-refractivity contribution in [1.29, 1.82) is 0 Å². The first-order chi connectivity index (χ1) is 9.60. The van der Waals surface area contributed by atoms with Crippen LogP contribution in [0.3, 0.4) is 0 Å². The van der Waals surface area contributed by atoms with E-state index in [4.69, 9.17) is 10.5 Å². The van der Waals surface area contributed by atoms with E-state index in [1.165, 1.54) is 12.1 Å². The highest BCUT2D eigenvalue weighted by molar-refractivity contribution is 9.10. The number of rotatable bonds is 5. The predicted molar refractivity (Wildman–Crippen MR) is 80.0 cm³/mol. The van der Waals surface area contributed by atoms with E-state index in [-0.39, 0.29) is 18.0 Å². The molecule has 2 aromatic rings. The molecule has 106 valence electrons. The standard InChI is InChI=1S/C15H16BrFN2O/c1-2-14(18)15(10-3-5-19-6-4-10)20-13-8-11(16)7-12(17)9-13/h3-9,14-15H,2,18H2,1H3. The Labute approximate surface area is 126 Å². The zero-order valence-electron chi connectivity index (χ0n) is 11.1. The zero-order chi connectivity index (χ0) is 14.5. The molecule has 2 atom stereocenters. The molecule has 0 aliphatic heterocycles. The summed E-state index contributed by atoms with van der Waals surface area (Å²) in [6.45, 7) is 1.99. The smallest absolute Gasteiger partial charge is 0.139 e. The van der Waals surface area contributed by atoms with Crippen LogP contribution in [0.15, 0.2) is 47.2 Å². The van der Waals surface area contributed by atoms with Gasteiger partial charge in [-0.2, -0.15) is 0 Å². The molecule has 0 saturated carbocycles. The minimum atomic E-state index is -0.354. The minimum absolute atomic E-state index is 0.181. The molecular formula is C15H16BrFN2O. The van der Waals surface area contributed by atoms with Gasteiger partial charge in [-0.3, -0.25) is 4.98 Å². The van der Waals surface area contributed by atoms with Crippen LogP contribution in [0, 0.1) is 5.82 Å². The van der Waals surface area contributed by atoms with Crippen LogP contribution >= 0.6 is 15.9 Å². The number of hydrogen-bond donors (Lipinski definition) is 1. The SMILES string of the molecule is CCC(N)C(Oc1cc(F)cc(Br)c1)c1ccncc1. The molecule has 5 heteroatoms. The third-order valence-electron chi connectivity index (χ3n) is 2.99.